The Morgan fingerprint density at radius 3 is 1.40 bits per heavy atom. The number of carbonyl (C=O) groups is 3. The van der Waals surface area contributed by atoms with Gasteiger partial charge in [-0.3, -0.25) is 19.4 Å². The number of methoxy groups -OCH3 is 1. The number of rotatable bonds is 22. The maximum atomic E-state index is 13.5. The number of anilines is 6. The highest BCUT2D eigenvalue weighted by atomic mass is 32.2. The van der Waals surface area contributed by atoms with Crippen LogP contribution < -0.4 is 20.7 Å². The fourth-order valence-electron chi connectivity index (χ4n) is 12.3. The summed E-state index contributed by atoms with van der Waals surface area (Å²) >= 11 is 7.98. The Morgan fingerprint density at radius 1 is 0.486 bits per heavy atom. The number of ether oxygens (including phenoxy) is 1. The average Bonchev–Trinajstić information content (AvgIpc) is 1.61. The SMILES string of the molecule is C=CC(=C)N1CCN(C(=O)c2cc(C(C)c3cnc(Nc4ccccn4)s3)c(C)cc2OC)CC1.C=CC(=C)N1CCN(C(=O)c2cc(Sc3cnc(Nc4ncc(C)cc4C)s3)c(C)cc2C)CC1.C=CC(=C)N1CCN(C(=O)c2cc(Sc3cnc(Nc4ncc(C)nc4C)s3)c(C)cc2C)CC1. The zero-order valence-electron chi connectivity index (χ0n) is 61.8. The van der Waals surface area contributed by atoms with E-state index < -0.39 is 0 Å². The number of thiazole rings is 3. The first-order valence-corrected chi connectivity index (χ1v) is 38.7. The number of pyridine rings is 2. The molecule has 3 aromatic carbocycles. The van der Waals surface area contributed by atoms with Crippen LogP contribution in [-0.4, -0.2) is 168 Å². The van der Waals surface area contributed by atoms with E-state index in [4.69, 9.17) is 4.74 Å². The number of nitrogens with one attached hydrogen (secondary N) is 3. The fourth-order valence-corrected chi connectivity index (χ4v) is 17.1. The lowest BCUT2D eigenvalue weighted by atomic mass is 9.92. The van der Waals surface area contributed by atoms with Gasteiger partial charge in [-0.05, 0) is 161 Å². The van der Waals surface area contributed by atoms with Crippen molar-refractivity contribution in [2.75, 3.05) is 102 Å². The van der Waals surface area contributed by atoms with Crippen molar-refractivity contribution in [2.45, 2.75) is 93.4 Å². The van der Waals surface area contributed by atoms with Crippen LogP contribution in [0.25, 0.3) is 0 Å². The molecule has 546 valence electrons. The molecule has 3 fully saturated rings. The van der Waals surface area contributed by atoms with Crippen LogP contribution in [0.3, 0.4) is 0 Å². The van der Waals surface area contributed by atoms with Crippen molar-refractivity contribution >= 4 is 108 Å². The van der Waals surface area contributed by atoms with Crippen LogP contribution in [0.1, 0.15) is 105 Å². The van der Waals surface area contributed by atoms with Gasteiger partial charge in [-0.1, -0.05) is 117 Å². The molecule has 3 N–H and O–H groups in total. The second-order valence-electron chi connectivity index (χ2n) is 25.9. The van der Waals surface area contributed by atoms with Crippen molar-refractivity contribution < 1.29 is 19.1 Å². The lowest BCUT2D eigenvalue weighted by Crippen LogP contribution is -2.48. The minimum Gasteiger partial charge on any atom is -0.496 e. The van der Waals surface area contributed by atoms with Gasteiger partial charge in [0.15, 0.2) is 21.2 Å². The molecule has 1 unspecified atom stereocenters. The number of hydrogen-bond donors (Lipinski definition) is 3. The van der Waals surface area contributed by atoms with Crippen LogP contribution in [0.15, 0.2) is 191 Å². The summed E-state index contributed by atoms with van der Waals surface area (Å²) in [6.07, 6.45) is 16.2. The second-order valence-corrected chi connectivity index (χ2v) is 31.7. The molecule has 0 bridgehead atoms. The standard InChI is InChI=1S/C27H31N5O2S.C27H31N5OS2.C26H30N6OS2/c1-6-19(3)31-11-13-32(14-12-31)26(33)22-16-21(18(2)15-23(22)34-5)20(4)24-17-29-27(35-24)30-25-9-7-8-10-28-25;1-7-21(6)31-8-10-32(11-9-31)26(33)22-14-23(19(4)13-18(22)3)34-24-16-29-27(35-24)30-25-20(5)12-17(2)15-28-25;1-7-19(5)31-8-10-32(11-9-31)25(33)21-13-22(17(3)12-16(21)2)34-23-15-28-26(35-23)30-24-20(6)29-18(4)14-27-24/h6-10,15-17,20H,1,3,11-14H2,2,4-5H3,(H,28,29,30);7,12-16H,1,6,8-11H2,2-5H3,(H,28,29,30);7,12-15H,1,5,8-11H2,2-4,6H3,(H,27,28,30). The number of amides is 3. The fraction of sp³-hybridized carbons (Fsp3) is 0.300. The van der Waals surface area contributed by atoms with E-state index in [1.807, 2.05) is 123 Å². The van der Waals surface area contributed by atoms with Crippen molar-refractivity contribution in [3.8, 4) is 5.75 Å². The lowest BCUT2D eigenvalue weighted by molar-refractivity contribution is 0.0663. The van der Waals surface area contributed by atoms with E-state index in [0.29, 0.717) is 56.4 Å². The molecule has 0 saturated carbocycles. The van der Waals surface area contributed by atoms with Crippen LogP contribution in [-0.2, 0) is 0 Å². The first-order valence-electron chi connectivity index (χ1n) is 34.6. The molecule has 105 heavy (non-hydrogen) atoms. The zero-order chi connectivity index (χ0) is 75.2. The van der Waals surface area contributed by atoms with Crippen molar-refractivity contribution in [1.29, 1.82) is 0 Å². The minimum atomic E-state index is -0.0130. The van der Waals surface area contributed by atoms with Gasteiger partial charge in [-0.15, -0.1) is 11.3 Å². The summed E-state index contributed by atoms with van der Waals surface area (Å²) in [5.41, 5.74) is 15.2. The summed E-state index contributed by atoms with van der Waals surface area (Å²) < 4.78 is 7.70. The predicted molar refractivity (Wildman–Crippen MR) is 431 cm³/mol. The number of aromatic nitrogens is 7. The third-order valence-electron chi connectivity index (χ3n) is 18.4. The van der Waals surface area contributed by atoms with Crippen molar-refractivity contribution in [2.24, 2.45) is 0 Å². The Balaban J connectivity index is 0.000000169. The lowest BCUT2D eigenvalue weighted by Gasteiger charge is -2.36. The summed E-state index contributed by atoms with van der Waals surface area (Å²) in [7, 11) is 1.61. The molecular weight excluding hydrogens is 1410 g/mol. The van der Waals surface area contributed by atoms with Crippen LogP contribution >= 0.6 is 57.5 Å². The van der Waals surface area contributed by atoms with Gasteiger partial charge in [0.1, 0.15) is 17.4 Å². The van der Waals surface area contributed by atoms with Gasteiger partial charge in [0.05, 0.1) is 51.1 Å². The van der Waals surface area contributed by atoms with E-state index in [-0.39, 0.29) is 23.6 Å². The number of benzene rings is 3. The number of allylic oxidation sites excluding steroid dienone is 3. The van der Waals surface area contributed by atoms with Gasteiger partial charge in [0.2, 0.25) is 0 Å². The summed E-state index contributed by atoms with van der Waals surface area (Å²) in [6.45, 7) is 52.3. The molecule has 9 aromatic rings. The third kappa shape index (κ3) is 19.7. The van der Waals surface area contributed by atoms with Crippen molar-refractivity contribution in [1.82, 2.24) is 64.3 Å². The van der Waals surface area contributed by atoms with E-state index in [1.54, 1.807) is 95.3 Å². The van der Waals surface area contributed by atoms with Crippen LogP contribution in [0, 0.1) is 62.3 Å². The van der Waals surface area contributed by atoms with E-state index >= 15 is 0 Å². The Bertz CT molecular complexity index is 4500. The monoisotopic (exact) mass is 1500 g/mol. The van der Waals surface area contributed by atoms with Crippen LogP contribution in [0.4, 0.5) is 32.8 Å². The highest BCUT2D eigenvalue weighted by Gasteiger charge is 2.29. The molecule has 3 saturated heterocycles. The molecule has 3 amide bonds. The Kier molecular flexibility index (Phi) is 26.4. The number of piperazine rings is 3. The number of carbonyl (C=O) groups excluding carboxylic acids is 3. The van der Waals surface area contributed by atoms with E-state index in [1.165, 1.54) is 0 Å². The summed E-state index contributed by atoms with van der Waals surface area (Å²) in [5, 5.41) is 12.2. The quantitative estimate of drug-likeness (QED) is 0.0539. The normalized spacial score (nSPS) is 13.9. The zero-order valence-corrected chi connectivity index (χ0v) is 65.8. The Labute approximate surface area is 637 Å². The molecule has 1 atom stereocenters. The first kappa shape index (κ1) is 77.7. The first-order chi connectivity index (χ1) is 50.4. The summed E-state index contributed by atoms with van der Waals surface area (Å²) in [5.74, 6) is 3.09. The summed E-state index contributed by atoms with van der Waals surface area (Å²) in [4.78, 5) is 86.9. The van der Waals surface area contributed by atoms with Gasteiger partial charge in [-0.2, -0.15) is 0 Å². The van der Waals surface area contributed by atoms with Crippen LogP contribution in [0.2, 0.25) is 0 Å². The molecule has 3 aliphatic rings. The number of aryl methyl sites for hydroxylation is 9. The van der Waals surface area contributed by atoms with E-state index in [2.05, 4.69) is 151 Å². The molecule has 25 heteroatoms. The molecule has 20 nitrogen and oxygen atoms in total. The third-order valence-corrected chi connectivity index (χ3v) is 23.8. The predicted octanol–water partition coefficient (Wildman–Crippen LogP) is 16.9. The average molecular weight is 1500 g/mol. The van der Waals surface area contributed by atoms with Crippen LogP contribution in [0.5, 0.6) is 5.75 Å². The number of nitrogens with zero attached hydrogens (tertiary/aromatic N) is 13. The van der Waals surface area contributed by atoms with Crippen molar-refractivity contribution in [3.63, 3.8) is 0 Å². The molecule has 9 heterocycles. The van der Waals surface area contributed by atoms with Gasteiger partial charge in [0.25, 0.3) is 17.7 Å². The maximum Gasteiger partial charge on any atom is 0.257 e. The van der Waals surface area contributed by atoms with E-state index in [0.717, 1.165) is 173 Å². The molecule has 0 spiro atoms. The topological polar surface area (TPSA) is 206 Å². The minimum absolute atomic E-state index is 0.0130. The van der Waals surface area contributed by atoms with Crippen molar-refractivity contribution in [3.05, 3.63) is 250 Å². The maximum absolute atomic E-state index is 13.5. The molecule has 6 aromatic heterocycles. The molecule has 12 rings (SSSR count). The van der Waals surface area contributed by atoms with Gasteiger partial charge in [-0.25, -0.2) is 29.9 Å². The smallest absolute Gasteiger partial charge is 0.257 e. The largest absolute Gasteiger partial charge is 0.496 e. The van der Waals surface area contributed by atoms with Gasteiger partial charge >= 0.3 is 0 Å². The Morgan fingerprint density at radius 2 is 0.943 bits per heavy atom. The molecular formula is C80H92N16O4S5. The Hall–Kier alpha value is -9.92. The van der Waals surface area contributed by atoms with Gasteiger partial charge < -0.3 is 50.1 Å². The molecule has 0 radical (unpaired) electrons. The molecule has 0 aliphatic carbocycles. The van der Waals surface area contributed by atoms with E-state index in [9.17, 15) is 14.4 Å². The summed E-state index contributed by atoms with van der Waals surface area (Å²) in [6, 6.07) is 20.0. The highest BCUT2D eigenvalue weighted by molar-refractivity contribution is 8.01. The molecule has 3 aliphatic heterocycles. The number of hydrogen-bond acceptors (Lipinski definition) is 22. The second kappa shape index (κ2) is 35.7. The highest BCUT2D eigenvalue weighted by Crippen LogP contribution is 2.41. The van der Waals surface area contributed by atoms with Gasteiger partial charge in [0, 0.05) is 146 Å².